The molecule has 2 aromatic carbocycles. The van der Waals surface area contributed by atoms with Crippen LogP contribution in [0.4, 0.5) is 5.69 Å². The molecule has 0 heterocycles. The predicted molar refractivity (Wildman–Crippen MR) is 98.9 cm³/mol. The highest BCUT2D eigenvalue weighted by molar-refractivity contribution is 9.10. The van der Waals surface area contributed by atoms with Crippen molar-refractivity contribution < 1.29 is 14.3 Å². The molecule has 0 aliphatic carbocycles. The Morgan fingerprint density at radius 3 is 2.50 bits per heavy atom. The van der Waals surface area contributed by atoms with E-state index in [9.17, 15) is 4.79 Å². The zero-order valence-electron chi connectivity index (χ0n) is 13.7. The Balaban J connectivity index is 2.07. The molecule has 2 aromatic rings. The summed E-state index contributed by atoms with van der Waals surface area (Å²) in [5, 5.41) is 2.85. The lowest BCUT2D eigenvalue weighted by molar-refractivity contribution is 0.102. The number of ether oxygens (including phenoxy) is 2. The van der Waals surface area contributed by atoms with Crippen LogP contribution in [0.15, 0.2) is 46.9 Å². The Labute approximate surface area is 150 Å². The summed E-state index contributed by atoms with van der Waals surface area (Å²) >= 11 is 3.40. The number of benzene rings is 2. The van der Waals surface area contributed by atoms with Crippen LogP contribution >= 0.6 is 15.9 Å². The number of rotatable bonds is 7. The van der Waals surface area contributed by atoms with Crippen molar-refractivity contribution in [1.82, 2.24) is 0 Å². The maximum absolute atomic E-state index is 12.4. The maximum atomic E-state index is 12.4. The third kappa shape index (κ3) is 5.54. The van der Waals surface area contributed by atoms with Crippen molar-refractivity contribution >= 4 is 27.5 Å². The standard InChI is InChI=1S/C18H21BrN2O3/c1-12(2)24-17-10-13(9-14(19)11-17)18(22)21-15-3-5-16(6-4-15)23-8-7-20/h3-6,9-12H,7-8,20H2,1-2H3,(H,21,22). The summed E-state index contributed by atoms with van der Waals surface area (Å²) in [6.07, 6.45) is 0.0382. The van der Waals surface area contributed by atoms with Crippen LogP contribution in [0, 0.1) is 0 Å². The van der Waals surface area contributed by atoms with E-state index in [2.05, 4.69) is 21.2 Å². The lowest BCUT2D eigenvalue weighted by Crippen LogP contribution is -2.13. The molecule has 0 fully saturated rings. The average molecular weight is 393 g/mol. The number of hydrogen-bond acceptors (Lipinski definition) is 4. The van der Waals surface area contributed by atoms with Crippen molar-refractivity contribution in [3.05, 3.63) is 52.5 Å². The number of carbonyl (C=O) groups is 1. The Morgan fingerprint density at radius 1 is 1.17 bits per heavy atom. The molecule has 128 valence electrons. The van der Waals surface area contributed by atoms with E-state index in [4.69, 9.17) is 15.2 Å². The largest absolute Gasteiger partial charge is 0.492 e. The number of anilines is 1. The van der Waals surface area contributed by atoms with E-state index in [1.165, 1.54) is 0 Å². The zero-order chi connectivity index (χ0) is 17.5. The van der Waals surface area contributed by atoms with E-state index in [1.54, 1.807) is 36.4 Å². The summed E-state index contributed by atoms with van der Waals surface area (Å²) in [5.74, 6) is 1.16. The van der Waals surface area contributed by atoms with Crippen LogP contribution in [-0.4, -0.2) is 25.2 Å². The van der Waals surface area contributed by atoms with Gasteiger partial charge in [0.05, 0.1) is 6.10 Å². The van der Waals surface area contributed by atoms with Crippen LogP contribution < -0.4 is 20.5 Å². The van der Waals surface area contributed by atoms with Crippen LogP contribution in [0.2, 0.25) is 0 Å². The van der Waals surface area contributed by atoms with Gasteiger partial charge in [-0.15, -0.1) is 0 Å². The second-order valence-electron chi connectivity index (χ2n) is 5.46. The van der Waals surface area contributed by atoms with Gasteiger partial charge in [0.1, 0.15) is 18.1 Å². The lowest BCUT2D eigenvalue weighted by atomic mass is 10.2. The molecule has 0 saturated heterocycles. The molecule has 0 saturated carbocycles. The van der Waals surface area contributed by atoms with Gasteiger partial charge in [0.25, 0.3) is 5.91 Å². The van der Waals surface area contributed by atoms with E-state index < -0.39 is 0 Å². The molecule has 24 heavy (non-hydrogen) atoms. The summed E-state index contributed by atoms with van der Waals surface area (Å²) in [6.45, 7) is 4.80. The fourth-order valence-electron chi connectivity index (χ4n) is 2.05. The van der Waals surface area contributed by atoms with Crippen LogP contribution in [0.25, 0.3) is 0 Å². The second-order valence-corrected chi connectivity index (χ2v) is 6.37. The minimum absolute atomic E-state index is 0.0382. The molecule has 2 rings (SSSR count). The molecule has 0 spiro atoms. The summed E-state index contributed by atoms with van der Waals surface area (Å²) in [5.41, 5.74) is 6.60. The van der Waals surface area contributed by atoms with E-state index in [0.29, 0.717) is 35.9 Å². The van der Waals surface area contributed by atoms with E-state index in [1.807, 2.05) is 19.9 Å². The average Bonchev–Trinajstić information content (AvgIpc) is 2.53. The van der Waals surface area contributed by atoms with Gasteiger partial charge in [-0.25, -0.2) is 0 Å². The summed E-state index contributed by atoms with van der Waals surface area (Å²) in [6, 6.07) is 12.5. The fourth-order valence-corrected chi connectivity index (χ4v) is 2.52. The third-order valence-electron chi connectivity index (χ3n) is 3.00. The van der Waals surface area contributed by atoms with Gasteiger partial charge in [-0.2, -0.15) is 0 Å². The molecule has 5 nitrogen and oxygen atoms in total. The Bertz CT molecular complexity index is 687. The summed E-state index contributed by atoms with van der Waals surface area (Å²) in [7, 11) is 0. The minimum Gasteiger partial charge on any atom is -0.492 e. The van der Waals surface area contributed by atoms with Crippen LogP contribution in [-0.2, 0) is 0 Å². The quantitative estimate of drug-likeness (QED) is 0.750. The van der Waals surface area contributed by atoms with Gasteiger partial charge >= 0.3 is 0 Å². The molecule has 0 aliphatic rings. The molecule has 0 atom stereocenters. The van der Waals surface area contributed by atoms with Crippen LogP contribution in [0.3, 0.4) is 0 Å². The highest BCUT2D eigenvalue weighted by Gasteiger charge is 2.10. The zero-order valence-corrected chi connectivity index (χ0v) is 15.3. The topological polar surface area (TPSA) is 73.6 Å². The first kappa shape index (κ1) is 18.3. The molecule has 0 aliphatic heterocycles. The Hall–Kier alpha value is -2.05. The smallest absolute Gasteiger partial charge is 0.255 e. The summed E-state index contributed by atoms with van der Waals surface area (Å²) < 4.78 is 11.8. The minimum atomic E-state index is -0.208. The van der Waals surface area contributed by atoms with Gasteiger partial charge < -0.3 is 20.5 Å². The third-order valence-corrected chi connectivity index (χ3v) is 3.46. The first-order chi connectivity index (χ1) is 11.5. The van der Waals surface area contributed by atoms with Gasteiger partial charge in [-0.1, -0.05) is 15.9 Å². The van der Waals surface area contributed by atoms with Crippen molar-refractivity contribution in [3.63, 3.8) is 0 Å². The molecule has 0 unspecified atom stereocenters. The van der Waals surface area contributed by atoms with E-state index in [-0.39, 0.29) is 12.0 Å². The number of halogens is 1. The number of carbonyl (C=O) groups excluding carboxylic acids is 1. The van der Waals surface area contributed by atoms with Crippen molar-refractivity contribution in [2.24, 2.45) is 5.73 Å². The maximum Gasteiger partial charge on any atom is 0.255 e. The monoisotopic (exact) mass is 392 g/mol. The molecule has 3 N–H and O–H groups in total. The molecule has 0 radical (unpaired) electrons. The van der Waals surface area contributed by atoms with Crippen molar-refractivity contribution in [1.29, 1.82) is 0 Å². The van der Waals surface area contributed by atoms with Gasteiger partial charge in [-0.05, 0) is 56.3 Å². The van der Waals surface area contributed by atoms with Gasteiger partial charge in [0, 0.05) is 22.3 Å². The number of nitrogens with two attached hydrogens (primary N) is 1. The van der Waals surface area contributed by atoms with E-state index >= 15 is 0 Å². The van der Waals surface area contributed by atoms with Gasteiger partial charge in [0.15, 0.2) is 0 Å². The number of amides is 1. The number of hydrogen-bond donors (Lipinski definition) is 2. The van der Waals surface area contributed by atoms with Crippen molar-refractivity contribution in [3.8, 4) is 11.5 Å². The fraction of sp³-hybridized carbons (Fsp3) is 0.278. The molecule has 1 amide bonds. The summed E-state index contributed by atoms with van der Waals surface area (Å²) in [4.78, 5) is 12.4. The molecule has 6 heteroatoms. The molecular formula is C18H21BrN2O3. The molecule has 0 bridgehead atoms. The van der Waals surface area contributed by atoms with Crippen LogP contribution in [0.5, 0.6) is 11.5 Å². The molecular weight excluding hydrogens is 372 g/mol. The highest BCUT2D eigenvalue weighted by Crippen LogP contribution is 2.24. The lowest BCUT2D eigenvalue weighted by Gasteiger charge is -2.12. The van der Waals surface area contributed by atoms with Gasteiger partial charge in [-0.3, -0.25) is 4.79 Å². The first-order valence-electron chi connectivity index (χ1n) is 7.69. The first-order valence-corrected chi connectivity index (χ1v) is 8.49. The normalized spacial score (nSPS) is 10.5. The predicted octanol–water partition coefficient (Wildman–Crippen LogP) is 3.83. The van der Waals surface area contributed by atoms with Gasteiger partial charge in [0.2, 0.25) is 0 Å². The van der Waals surface area contributed by atoms with Crippen molar-refractivity contribution in [2.75, 3.05) is 18.5 Å². The second kappa shape index (κ2) is 8.70. The SMILES string of the molecule is CC(C)Oc1cc(Br)cc(C(=O)Nc2ccc(OCCN)cc2)c1. The molecule has 0 aromatic heterocycles. The van der Waals surface area contributed by atoms with Crippen molar-refractivity contribution in [2.45, 2.75) is 20.0 Å². The highest BCUT2D eigenvalue weighted by atomic mass is 79.9. The van der Waals surface area contributed by atoms with Crippen LogP contribution in [0.1, 0.15) is 24.2 Å². The Morgan fingerprint density at radius 2 is 1.88 bits per heavy atom. The number of nitrogens with one attached hydrogen (secondary N) is 1. The Kier molecular flexibility index (Phi) is 6.63. The van der Waals surface area contributed by atoms with E-state index in [0.717, 1.165) is 4.47 Å².